The van der Waals surface area contributed by atoms with Gasteiger partial charge in [0, 0.05) is 22.3 Å². The van der Waals surface area contributed by atoms with Crippen LogP contribution in [0.15, 0.2) is 36.6 Å². The summed E-state index contributed by atoms with van der Waals surface area (Å²) in [5, 5.41) is 0. The predicted octanol–water partition coefficient (Wildman–Crippen LogP) is 3.22. The monoisotopic (exact) mass is 264 g/mol. The molecular formula is C15H20O2S. The quantitative estimate of drug-likeness (QED) is 0.603. The van der Waals surface area contributed by atoms with Crippen LogP contribution in [-0.4, -0.2) is 22.3 Å². The normalized spacial score (nSPS) is 24.2. The maximum atomic E-state index is 11.2. The van der Waals surface area contributed by atoms with Gasteiger partial charge in [0.25, 0.3) is 0 Å². The molecule has 0 aromatic heterocycles. The van der Waals surface area contributed by atoms with Gasteiger partial charge in [-0.3, -0.25) is 4.21 Å². The number of benzene rings is 1. The maximum Gasteiger partial charge on any atom is 0.0876 e. The number of rotatable bonds is 5. The Bertz CT molecular complexity index is 425. The van der Waals surface area contributed by atoms with Crippen LogP contribution in [0.25, 0.3) is 5.57 Å². The minimum absolute atomic E-state index is 0.568. The van der Waals surface area contributed by atoms with Gasteiger partial charge in [-0.1, -0.05) is 30.3 Å². The molecule has 2 atom stereocenters. The lowest BCUT2D eigenvalue weighted by atomic mass is 10.1. The Morgan fingerprint density at radius 3 is 2.89 bits per heavy atom. The molecule has 1 aromatic rings. The third kappa shape index (κ3) is 3.98. The first-order valence-electron chi connectivity index (χ1n) is 6.44. The molecule has 1 aromatic carbocycles. The van der Waals surface area contributed by atoms with E-state index in [-0.39, 0.29) is 0 Å². The molecule has 2 rings (SSSR count). The molecule has 1 aliphatic heterocycles. The van der Waals surface area contributed by atoms with Gasteiger partial charge in [-0.05, 0) is 36.8 Å². The molecule has 0 bridgehead atoms. The molecule has 1 fully saturated rings. The Kier molecular flexibility index (Phi) is 5.00. The van der Waals surface area contributed by atoms with Gasteiger partial charge in [-0.25, -0.2) is 0 Å². The highest BCUT2D eigenvalue weighted by molar-refractivity contribution is 7.85. The summed E-state index contributed by atoms with van der Waals surface area (Å²) in [7, 11) is -0.568. The lowest BCUT2D eigenvalue weighted by Gasteiger charge is -2.08. The first kappa shape index (κ1) is 13.3. The number of allylic oxidation sites excluding steroid dienone is 1. The summed E-state index contributed by atoms with van der Waals surface area (Å²) in [6.45, 7) is 2.78. The molecule has 0 saturated carbocycles. The smallest absolute Gasteiger partial charge is 0.0876 e. The van der Waals surface area contributed by atoms with Crippen molar-refractivity contribution >= 4 is 16.4 Å². The van der Waals surface area contributed by atoms with Crippen LogP contribution in [0.1, 0.15) is 25.3 Å². The lowest BCUT2D eigenvalue weighted by molar-refractivity contribution is 0.227. The first-order chi connectivity index (χ1) is 8.75. The van der Waals surface area contributed by atoms with Crippen LogP contribution in [0.5, 0.6) is 0 Å². The Hall–Kier alpha value is -1.09. The first-order valence-corrected chi connectivity index (χ1v) is 7.93. The topological polar surface area (TPSA) is 26.3 Å². The average Bonchev–Trinajstić information content (AvgIpc) is 2.81. The van der Waals surface area contributed by atoms with Gasteiger partial charge < -0.3 is 4.74 Å². The van der Waals surface area contributed by atoms with E-state index in [9.17, 15) is 4.21 Å². The molecule has 1 heterocycles. The predicted molar refractivity (Wildman–Crippen MR) is 76.6 cm³/mol. The van der Waals surface area contributed by atoms with E-state index in [4.69, 9.17) is 4.74 Å². The SMILES string of the molecule is C/C(=C/OCCC1CCS(=O)C1)c1ccccc1. The third-order valence-corrected chi connectivity index (χ3v) is 4.84. The van der Waals surface area contributed by atoms with Crippen molar-refractivity contribution < 1.29 is 8.95 Å². The number of ether oxygens (including phenoxy) is 1. The molecule has 0 radical (unpaired) electrons. The molecule has 2 unspecified atom stereocenters. The summed E-state index contributed by atoms with van der Waals surface area (Å²) in [6.07, 6.45) is 3.95. The van der Waals surface area contributed by atoms with Crippen LogP contribution in [0, 0.1) is 5.92 Å². The Morgan fingerprint density at radius 2 is 2.22 bits per heavy atom. The second kappa shape index (κ2) is 6.74. The highest BCUT2D eigenvalue weighted by Crippen LogP contribution is 2.19. The molecule has 0 spiro atoms. The van der Waals surface area contributed by atoms with Crippen LogP contribution in [0.2, 0.25) is 0 Å². The molecule has 2 nitrogen and oxygen atoms in total. The summed E-state index contributed by atoms with van der Waals surface area (Å²) in [5.74, 6) is 2.34. The molecule has 0 amide bonds. The van der Waals surface area contributed by atoms with E-state index < -0.39 is 10.8 Å². The molecule has 1 aliphatic rings. The van der Waals surface area contributed by atoms with Crippen LogP contribution >= 0.6 is 0 Å². The fraction of sp³-hybridized carbons (Fsp3) is 0.467. The fourth-order valence-corrected chi connectivity index (χ4v) is 3.77. The highest BCUT2D eigenvalue weighted by Gasteiger charge is 2.20. The van der Waals surface area contributed by atoms with Gasteiger partial charge in [0.05, 0.1) is 12.9 Å². The standard InChI is InChI=1S/C15H20O2S/c1-13(15-5-3-2-4-6-15)11-17-9-7-14-8-10-18(16)12-14/h2-6,11,14H,7-10,12H2,1H3/b13-11-. The largest absolute Gasteiger partial charge is 0.501 e. The summed E-state index contributed by atoms with van der Waals surface area (Å²) in [5.41, 5.74) is 2.34. The van der Waals surface area contributed by atoms with Crippen molar-refractivity contribution in [1.82, 2.24) is 0 Å². The average molecular weight is 264 g/mol. The van der Waals surface area contributed by atoms with Gasteiger partial charge in [0.2, 0.25) is 0 Å². The minimum Gasteiger partial charge on any atom is -0.501 e. The van der Waals surface area contributed by atoms with Crippen LogP contribution in [0.4, 0.5) is 0 Å². The zero-order valence-electron chi connectivity index (χ0n) is 10.8. The zero-order valence-corrected chi connectivity index (χ0v) is 11.6. The molecule has 0 N–H and O–H groups in total. The lowest BCUT2D eigenvalue weighted by Crippen LogP contribution is -2.03. The molecule has 98 valence electrons. The molecular weight excluding hydrogens is 244 g/mol. The molecule has 0 aliphatic carbocycles. The van der Waals surface area contributed by atoms with E-state index in [1.807, 2.05) is 24.5 Å². The number of hydrogen-bond acceptors (Lipinski definition) is 2. The van der Waals surface area contributed by atoms with Gasteiger partial charge in [-0.2, -0.15) is 0 Å². The summed E-state index contributed by atoms with van der Waals surface area (Å²) >= 11 is 0. The van der Waals surface area contributed by atoms with Crippen molar-refractivity contribution in [3.63, 3.8) is 0 Å². The minimum atomic E-state index is -0.568. The fourth-order valence-electron chi connectivity index (χ4n) is 2.14. The van der Waals surface area contributed by atoms with E-state index in [1.54, 1.807) is 0 Å². The van der Waals surface area contributed by atoms with Gasteiger partial charge in [0.1, 0.15) is 0 Å². The van der Waals surface area contributed by atoms with Crippen molar-refractivity contribution in [2.75, 3.05) is 18.1 Å². The Balaban J connectivity index is 1.73. The third-order valence-electron chi connectivity index (χ3n) is 3.31. The van der Waals surface area contributed by atoms with Crippen LogP contribution in [0.3, 0.4) is 0 Å². The van der Waals surface area contributed by atoms with Crippen molar-refractivity contribution in [2.24, 2.45) is 5.92 Å². The van der Waals surface area contributed by atoms with E-state index in [2.05, 4.69) is 19.1 Å². The summed E-state index contributed by atoms with van der Waals surface area (Å²) in [6, 6.07) is 10.2. The van der Waals surface area contributed by atoms with E-state index >= 15 is 0 Å². The zero-order chi connectivity index (χ0) is 12.8. The van der Waals surface area contributed by atoms with Crippen LogP contribution < -0.4 is 0 Å². The molecule has 1 saturated heterocycles. The van der Waals surface area contributed by atoms with E-state index in [0.29, 0.717) is 5.92 Å². The second-order valence-corrected chi connectivity index (χ2v) is 6.41. The van der Waals surface area contributed by atoms with Crippen molar-refractivity contribution in [1.29, 1.82) is 0 Å². The highest BCUT2D eigenvalue weighted by atomic mass is 32.2. The molecule has 3 heteroatoms. The van der Waals surface area contributed by atoms with E-state index in [1.165, 1.54) is 5.56 Å². The Morgan fingerprint density at radius 1 is 1.44 bits per heavy atom. The molecule has 18 heavy (non-hydrogen) atoms. The van der Waals surface area contributed by atoms with Gasteiger partial charge in [0.15, 0.2) is 0 Å². The summed E-state index contributed by atoms with van der Waals surface area (Å²) < 4.78 is 16.8. The second-order valence-electron chi connectivity index (χ2n) is 4.79. The van der Waals surface area contributed by atoms with Crippen molar-refractivity contribution in [3.8, 4) is 0 Å². The van der Waals surface area contributed by atoms with Gasteiger partial charge in [-0.15, -0.1) is 0 Å². The van der Waals surface area contributed by atoms with Gasteiger partial charge >= 0.3 is 0 Å². The van der Waals surface area contributed by atoms with Crippen molar-refractivity contribution in [3.05, 3.63) is 42.2 Å². The Labute approximate surface area is 112 Å². The maximum absolute atomic E-state index is 11.2. The van der Waals surface area contributed by atoms with E-state index in [0.717, 1.165) is 36.5 Å². The van der Waals surface area contributed by atoms with Crippen LogP contribution in [-0.2, 0) is 15.5 Å². The summed E-state index contributed by atoms with van der Waals surface area (Å²) in [4.78, 5) is 0. The van der Waals surface area contributed by atoms with Crippen molar-refractivity contribution in [2.45, 2.75) is 19.8 Å². The number of hydrogen-bond donors (Lipinski definition) is 0.